The molecule has 0 bridgehead atoms. The molecule has 23 atom stereocenters. The molecule has 27 heteroatoms. The number of fused-ring (bicyclic) bond motifs is 14. The predicted octanol–water partition coefficient (Wildman–Crippen LogP) is 10.6. The Morgan fingerprint density at radius 3 is 1.68 bits per heavy atom. The summed E-state index contributed by atoms with van der Waals surface area (Å²) in [4.78, 5) is 111. The summed E-state index contributed by atoms with van der Waals surface area (Å²) in [5.74, 6) is -8.75. The van der Waals surface area contributed by atoms with E-state index in [1.165, 1.54) is 45.1 Å². The summed E-state index contributed by atoms with van der Waals surface area (Å²) in [5.41, 5.74) is 1.82. The van der Waals surface area contributed by atoms with Gasteiger partial charge in [-0.2, -0.15) is 5.48 Å². The molecule has 8 fully saturated rings. The molecule has 10 aliphatic rings. The van der Waals surface area contributed by atoms with Crippen LogP contribution in [-0.4, -0.2) is 168 Å². The van der Waals surface area contributed by atoms with E-state index in [9.17, 15) is 63.6 Å². The molecule has 6 saturated carbocycles. The van der Waals surface area contributed by atoms with Crippen molar-refractivity contribution in [2.75, 3.05) is 24.3 Å². The highest BCUT2D eigenvalue weighted by Crippen LogP contribution is 2.74. The third kappa shape index (κ3) is 15.2. The van der Waals surface area contributed by atoms with Gasteiger partial charge in [0.25, 0.3) is 0 Å². The van der Waals surface area contributed by atoms with Crippen molar-refractivity contribution >= 4 is 63.9 Å². The maximum atomic E-state index is 17.5. The fourth-order valence-corrected chi connectivity index (χ4v) is 20.5. The molecule has 4 aromatic carbocycles. The summed E-state index contributed by atoms with van der Waals surface area (Å²) >= 11 is 0. The summed E-state index contributed by atoms with van der Waals surface area (Å²) in [6, 6.07) is 28.2. The standard InChI is InChI=1S/C42H47F2NO8.C35H37F2NO6.C11H20N2O5/c1-22(2)34(48)14-23(3)38(51)45-27-7-5-6-25(16-27)15-24-8-10-26(11-9-24)39-52-37-19-31-32-18-33(43)29-17-28(47)12-13-30(29)41(32,44)35(49)20-40(31,4)42(37,53-39)36(50)21-46;1-32-11-10-23(40)14-26(32)27(36)15-25-24-16-30-35(29(42)18-39,33(24,2)17-28(41)34(25,32)37)44-31(43-30)21-8-6-19(7-9-21)12-20-4-3-5-22(38)13-20;1-6(8(14)9(15)7(2)13-17)12-10(16)18-11(3,4)5/h5-13,16-17,22-23,30-33,35,37,39,46,49H,14-15,18-21H2,1-4H3,(H,45,51);3-11,13-14,24-25,27-28,30-31,39,41H,12,15-18,38H2,1-2H3;6-7,13,17H,1-5H3,(H,12,16)/t23-,30?,31+,32+,33+,35+,37-,39?,40+,41+,42-;24-,25-,27-,28-,30+,31+,32-,33-,34-,35+;/m10./s1. The van der Waals surface area contributed by atoms with E-state index >= 15 is 17.6 Å². The molecule has 10 N–H and O–H groups in total. The number of nitrogens with one attached hydrogen (secondary N) is 3. The molecule has 8 aliphatic carbocycles. The maximum Gasteiger partial charge on any atom is 0.408 e. The minimum Gasteiger partial charge on any atom is -0.444 e. The number of aliphatic hydroxyl groups is 4. The number of hydroxylamine groups is 1. The number of hydrogen-bond acceptors (Lipinski definition) is 21. The number of allylic oxidation sites excluding steroid dienone is 8. The molecule has 618 valence electrons. The van der Waals surface area contributed by atoms with Crippen LogP contribution in [-0.2, 0) is 74.9 Å². The van der Waals surface area contributed by atoms with Crippen LogP contribution in [0.3, 0.4) is 0 Å². The highest BCUT2D eigenvalue weighted by atomic mass is 19.2. The third-order valence-electron chi connectivity index (χ3n) is 26.3. The number of carbonyl (C=O) groups is 9. The number of nitrogens with two attached hydrogens (primary N) is 1. The van der Waals surface area contributed by atoms with Crippen LogP contribution < -0.4 is 21.8 Å². The second-order valence-corrected chi connectivity index (χ2v) is 34.8. The number of hydrogen-bond donors (Lipinski definition) is 9. The zero-order valence-electron chi connectivity index (χ0n) is 66.3. The molecule has 2 amide bonds. The number of nitrogen functional groups attached to an aromatic ring is 1. The topological polar surface area (TPSA) is 363 Å². The number of amides is 2. The van der Waals surface area contributed by atoms with Gasteiger partial charge in [0.05, 0.1) is 36.5 Å². The van der Waals surface area contributed by atoms with Crippen LogP contribution >= 0.6 is 0 Å². The van der Waals surface area contributed by atoms with Crippen LogP contribution in [0.4, 0.5) is 33.7 Å². The van der Waals surface area contributed by atoms with Gasteiger partial charge in [-0.05, 0) is 187 Å². The van der Waals surface area contributed by atoms with Crippen molar-refractivity contribution in [1.82, 2.24) is 10.8 Å². The number of anilines is 2. The van der Waals surface area contributed by atoms with Gasteiger partial charge in [-0.1, -0.05) is 120 Å². The van der Waals surface area contributed by atoms with E-state index in [1.54, 1.807) is 53.1 Å². The molecule has 23 nitrogen and oxygen atoms in total. The molecule has 2 saturated heterocycles. The molecule has 115 heavy (non-hydrogen) atoms. The molecule has 4 aromatic rings. The number of ether oxygens (including phenoxy) is 5. The lowest BCUT2D eigenvalue weighted by molar-refractivity contribution is -0.235. The first-order valence-electron chi connectivity index (χ1n) is 39.3. The van der Waals surface area contributed by atoms with Crippen LogP contribution in [0.15, 0.2) is 145 Å². The Labute approximate surface area is 665 Å². The van der Waals surface area contributed by atoms with E-state index < -0.39 is 195 Å². The Morgan fingerprint density at radius 2 is 1.15 bits per heavy atom. The van der Waals surface area contributed by atoms with E-state index in [0.717, 1.165) is 34.4 Å². The van der Waals surface area contributed by atoms with Gasteiger partial charge in [0.15, 0.2) is 52.6 Å². The zero-order valence-corrected chi connectivity index (χ0v) is 66.3. The number of Topliss-reactive ketones (excluding diaryl/α,β-unsaturated/α-hetero) is 5. The smallest absolute Gasteiger partial charge is 0.408 e. The van der Waals surface area contributed by atoms with E-state index in [0.29, 0.717) is 35.3 Å². The second kappa shape index (κ2) is 32.4. The number of rotatable bonds is 20. The van der Waals surface area contributed by atoms with Gasteiger partial charge in [0, 0.05) is 74.8 Å². The first-order chi connectivity index (χ1) is 54.1. The average molecular weight is 1600 g/mol. The largest absolute Gasteiger partial charge is 0.444 e. The summed E-state index contributed by atoms with van der Waals surface area (Å²) < 4.78 is 97.2. The number of halogens is 4. The predicted molar refractivity (Wildman–Crippen MR) is 412 cm³/mol. The number of alkyl carbamates (subject to hydrolysis) is 1. The molecule has 14 rings (SSSR count). The van der Waals surface area contributed by atoms with E-state index in [-0.39, 0.29) is 73.7 Å². The number of benzene rings is 4. The van der Waals surface area contributed by atoms with Crippen molar-refractivity contribution in [3.8, 4) is 0 Å². The van der Waals surface area contributed by atoms with Crippen molar-refractivity contribution in [2.45, 2.75) is 224 Å². The minimum atomic E-state index is -2.29. The van der Waals surface area contributed by atoms with Crippen molar-refractivity contribution in [3.05, 3.63) is 178 Å². The average Bonchev–Trinajstić information content (AvgIpc) is 1.54. The summed E-state index contributed by atoms with van der Waals surface area (Å²) in [6.07, 6.45) is -2.38. The van der Waals surface area contributed by atoms with Gasteiger partial charge in [-0.3, -0.25) is 38.4 Å². The zero-order chi connectivity index (χ0) is 83.8. The second-order valence-electron chi connectivity index (χ2n) is 34.8. The van der Waals surface area contributed by atoms with Crippen molar-refractivity contribution in [1.29, 1.82) is 0 Å². The fourth-order valence-electron chi connectivity index (χ4n) is 20.5. The van der Waals surface area contributed by atoms with Gasteiger partial charge in [0.2, 0.25) is 17.5 Å². The lowest BCUT2D eigenvalue weighted by Crippen LogP contribution is -2.70. The number of alkyl halides is 4. The van der Waals surface area contributed by atoms with Gasteiger partial charge < -0.3 is 65.7 Å². The van der Waals surface area contributed by atoms with E-state index in [4.69, 9.17) is 34.6 Å². The molecule has 4 unspecified atom stereocenters. The normalized spacial score (nSPS) is 35.1. The van der Waals surface area contributed by atoms with Crippen molar-refractivity contribution in [3.63, 3.8) is 0 Å². The van der Waals surface area contributed by atoms with Crippen LogP contribution in [0.1, 0.15) is 167 Å². The molecule has 0 radical (unpaired) electrons. The van der Waals surface area contributed by atoms with E-state index in [2.05, 4.69) is 10.6 Å². The minimum absolute atomic E-state index is 0.0367. The highest BCUT2D eigenvalue weighted by Gasteiger charge is 2.81. The SMILES string of the molecule is CC(C)C(=O)C[C@@H](C)C(=O)Nc1cccc(Cc2ccc(C3O[C@@H]4C[C@H]5[C@@H]6C[C@H](F)C7=CC(=O)C=CC7[C@@]6(F)[C@@H](O)C[C@]5(C)[C@]4(C(=O)CO)O3)cc2)c1.CC(NO)C(=O)C(=O)C(C)NC(=O)OC(C)(C)C.C[C@]12C=CC(=O)C=C1[C@@H](F)C[C@H]1[C@@H]3C[C@H]4O[C@@H](c5ccc(Cc6cccc(N)c6)cc5)O[C@@]4(C(=O)CO)[C@@]3(C)C[C@H](O)[C@@]12F. The van der Waals surface area contributed by atoms with Crippen molar-refractivity contribution in [2.24, 2.45) is 57.7 Å². The van der Waals surface area contributed by atoms with Gasteiger partial charge in [0.1, 0.15) is 42.6 Å². The van der Waals surface area contributed by atoms with Gasteiger partial charge in [-0.15, -0.1) is 0 Å². The number of aliphatic hydroxyl groups excluding tert-OH is 4. The van der Waals surface area contributed by atoms with Crippen LogP contribution in [0.2, 0.25) is 0 Å². The Balaban J connectivity index is 0.000000177. The fraction of sp³-hybridized carbons (Fsp3) is 0.534. The Hall–Kier alpha value is -8.61. The van der Waals surface area contributed by atoms with Crippen LogP contribution in [0, 0.1) is 57.7 Å². The number of carbonyl (C=O) groups excluding carboxylic acids is 9. The molecule has 0 aromatic heterocycles. The van der Waals surface area contributed by atoms with Crippen LogP contribution in [0.5, 0.6) is 0 Å². The first kappa shape index (κ1) is 85.8. The monoisotopic (exact) mass is 1600 g/mol. The van der Waals surface area contributed by atoms with Gasteiger partial charge >= 0.3 is 6.09 Å². The van der Waals surface area contributed by atoms with Crippen molar-refractivity contribution < 1.29 is 110 Å². The number of ketones is 7. The highest BCUT2D eigenvalue weighted by molar-refractivity contribution is 6.41. The first-order valence-corrected chi connectivity index (χ1v) is 39.3. The molecule has 2 heterocycles. The summed E-state index contributed by atoms with van der Waals surface area (Å²) in [6.45, 7) is 16.5. The molecular formula is C88H104F4N4O19. The summed E-state index contributed by atoms with van der Waals surface area (Å²) in [5, 5.41) is 57.3. The molecular weight excluding hydrogens is 1490 g/mol. The molecule has 2 aliphatic heterocycles. The third-order valence-corrected chi connectivity index (χ3v) is 26.3. The Morgan fingerprint density at radius 1 is 0.635 bits per heavy atom. The lowest BCUT2D eigenvalue weighted by atomic mass is 9.44. The molecule has 0 spiro atoms. The lowest BCUT2D eigenvalue weighted by Gasteiger charge is -2.63. The Bertz CT molecular complexity index is 4600. The van der Waals surface area contributed by atoms with Crippen LogP contribution in [0.25, 0.3) is 0 Å². The Kier molecular flexibility index (Phi) is 24.1. The maximum absolute atomic E-state index is 17.5. The summed E-state index contributed by atoms with van der Waals surface area (Å²) in [7, 11) is 0. The quantitative estimate of drug-likeness (QED) is 0.0172. The van der Waals surface area contributed by atoms with E-state index in [1.807, 2.05) is 105 Å². The van der Waals surface area contributed by atoms with Gasteiger partial charge in [-0.25, -0.2) is 22.4 Å².